The van der Waals surface area contributed by atoms with Gasteiger partial charge in [-0.1, -0.05) is 125 Å². The van der Waals surface area contributed by atoms with Gasteiger partial charge in [0.15, 0.2) is 24.4 Å². The maximum Gasteiger partial charge on any atom is 0.329 e. The van der Waals surface area contributed by atoms with E-state index in [1.165, 1.54) is 46.9 Å². The Kier molecular flexibility index (Phi) is 24.0. The Morgan fingerprint density at radius 2 is 0.774 bits per heavy atom. The number of carbonyl (C=O) groups excluding carboxylic acids is 8. The zero-order valence-corrected chi connectivity index (χ0v) is 52.6. The van der Waals surface area contributed by atoms with Crippen LogP contribution in [0.2, 0.25) is 0 Å². The van der Waals surface area contributed by atoms with Crippen LogP contribution < -0.4 is 0 Å². The predicted molar refractivity (Wildman–Crippen MR) is 317 cm³/mol. The number of aromatic nitrogens is 4. The molecule has 0 bridgehead atoms. The van der Waals surface area contributed by atoms with Crippen LogP contribution in [0.5, 0.6) is 0 Å². The van der Waals surface area contributed by atoms with Crippen LogP contribution in [0.1, 0.15) is 144 Å². The molecule has 3 heterocycles. The highest BCUT2D eigenvalue weighted by molar-refractivity contribution is 5.94. The lowest BCUT2D eigenvalue weighted by Gasteiger charge is -2.35. The summed E-state index contributed by atoms with van der Waals surface area (Å²) in [4.78, 5) is 122. The van der Waals surface area contributed by atoms with Crippen molar-refractivity contribution in [3.63, 3.8) is 0 Å². The number of rotatable bonds is 16. The van der Waals surface area contributed by atoms with Crippen LogP contribution in [0.15, 0.2) is 79.4 Å². The minimum atomic E-state index is -1.54. The lowest BCUT2D eigenvalue weighted by atomic mass is 9.90. The second-order valence-electron chi connectivity index (χ2n) is 25.3. The van der Waals surface area contributed by atoms with Gasteiger partial charge in [0.2, 0.25) is 0 Å². The number of cyclic esters (lactones) is 4. The highest BCUT2D eigenvalue weighted by atomic mass is 16.6. The number of hydrogen-bond acceptors (Lipinski definition) is 14. The summed E-state index contributed by atoms with van der Waals surface area (Å²) in [5, 5.41) is 8.83. The van der Waals surface area contributed by atoms with Gasteiger partial charge in [-0.05, 0) is 103 Å². The molecule has 1 saturated heterocycles. The average molecular weight is 1170 g/mol. The van der Waals surface area contributed by atoms with Gasteiger partial charge in [0.1, 0.15) is 24.2 Å². The van der Waals surface area contributed by atoms with E-state index < -0.39 is 96.1 Å². The van der Waals surface area contributed by atoms with Gasteiger partial charge in [-0.15, -0.1) is 0 Å². The highest BCUT2D eigenvalue weighted by Gasteiger charge is 2.43. The van der Waals surface area contributed by atoms with E-state index in [1.807, 2.05) is 121 Å². The number of likely N-dealkylation sites (N-methyl/N-ethyl adjacent to an activating group) is 4. The van der Waals surface area contributed by atoms with Crippen molar-refractivity contribution in [3.05, 3.63) is 107 Å². The van der Waals surface area contributed by atoms with Crippen molar-refractivity contribution in [3.8, 4) is 0 Å². The molecule has 2 aromatic heterocycles. The molecule has 20 nitrogen and oxygen atoms in total. The molecule has 0 spiro atoms. The number of benzene rings is 2. The van der Waals surface area contributed by atoms with Gasteiger partial charge in [0.25, 0.3) is 23.6 Å². The van der Waals surface area contributed by atoms with Crippen molar-refractivity contribution in [1.82, 2.24) is 39.2 Å². The summed E-state index contributed by atoms with van der Waals surface area (Å²) in [6.45, 7) is 24.9. The molecule has 460 valence electrons. The lowest BCUT2D eigenvalue weighted by Crippen LogP contribution is -2.55. The maximum atomic E-state index is 15.1. The zero-order chi connectivity index (χ0) is 62.5. The van der Waals surface area contributed by atoms with Gasteiger partial charge in [-0.3, -0.25) is 28.5 Å². The lowest BCUT2D eigenvalue weighted by molar-refractivity contribution is -0.176. The third-order valence-electron chi connectivity index (χ3n) is 15.1. The van der Waals surface area contributed by atoms with Crippen LogP contribution in [0.25, 0.3) is 0 Å². The van der Waals surface area contributed by atoms with E-state index in [2.05, 4.69) is 31.0 Å². The molecule has 84 heavy (non-hydrogen) atoms. The molecule has 1 aliphatic rings. The van der Waals surface area contributed by atoms with Gasteiger partial charge in [-0.25, -0.2) is 19.2 Å². The van der Waals surface area contributed by atoms with Gasteiger partial charge in [-0.2, -0.15) is 10.2 Å². The zero-order valence-electron chi connectivity index (χ0n) is 52.6. The fourth-order valence-corrected chi connectivity index (χ4v) is 10.1. The number of carbonyl (C=O) groups is 8. The molecule has 8 atom stereocenters. The van der Waals surface area contributed by atoms with Gasteiger partial charge in [0, 0.05) is 59.6 Å². The molecule has 0 N–H and O–H groups in total. The maximum absolute atomic E-state index is 15.1. The summed E-state index contributed by atoms with van der Waals surface area (Å²) >= 11 is 0. The Morgan fingerprint density at radius 3 is 1.08 bits per heavy atom. The van der Waals surface area contributed by atoms with E-state index >= 15 is 9.59 Å². The van der Waals surface area contributed by atoms with E-state index in [0.29, 0.717) is 24.2 Å². The monoisotopic (exact) mass is 1160 g/mol. The summed E-state index contributed by atoms with van der Waals surface area (Å²) in [6.07, 6.45) is 1.38. The van der Waals surface area contributed by atoms with E-state index in [-0.39, 0.29) is 67.6 Å². The molecular formula is C64H92N8O12. The van der Waals surface area contributed by atoms with Crippen molar-refractivity contribution < 1.29 is 57.3 Å². The van der Waals surface area contributed by atoms with Crippen molar-refractivity contribution in [2.75, 3.05) is 28.2 Å². The van der Waals surface area contributed by atoms with E-state index in [9.17, 15) is 28.8 Å². The molecule has 0 unspecified atom stereocenters. The minimum Gasteiger partial charge on any atom is -0.451 e. The van der Waals surface area contributed by atoms with Gasteiger partial charge < -0.3 is 38.5 Å². The quantitative estimate of drug-likeness (QED) is 0.0786. The summed E-state index contributed by atoms with van der Waals surface area (Å²) < 4.78 is 27.9. The largest absolute Gasteiger partial charge is 0.451 e. The van der Waals surface area contributed by atoms with Crippen LogP contribution in [0.4, 0.5) is 0 Å². The third-order valence-corrected chi connectivity index (χ3v) is 15.1. The number of hydrogen-bond donors (Lipinski definition) is 0. The van der Waals surface area contributed by atoms with E-state index in [0.717, 1.165) is 31.4 Å². The van der Waals surface area contributed by atoms with Crippen LogP contribution in [0.3, 0.4) is 0 Å². The van der Waals surface area contributed by atoms with Crippen molar-refractivity contribution in [1.29, 1.82) is 0 Å². The fraction of sp³-hybridized carbons (Fsp3) is 0.594. The van der Waals surface area contributed by atoms with Gasteiger partial charge >= 0.3 is 23.9 Å². The Balaban J connectivity index is 1.58. The number of amides is 4. The summed E-state index contributed by atoms with van der Waals surface area (Å²) in [6, 6.07) is 11.4. The first-order valence-electron chi connectivity index (χ1n) is 29.4. The molecule has 4 aromatic rings. The first-order valence-corrected chi connectivity index (χ1v) is 29.4. The van der Waals surface area contributed by atoms with Crippen LogP contribution in [0, 0.1) is 23.7 Å². The first kappa shape index (κ1) is 67.4. The summed E-state index contributed by atoms with van der Waals surface area (Å²) in [7, 11) is 5.59. The van der Waals surface area contributed by atoms with Crippen molar-refractivity contribution >= 4 is 47.5 Å². The van der Waals surface area contributed by atoms with Gasteiger partial charge in [0.05, 0.1) is 19.3 Å². The molecule has 0 saturated carbocycles. The molecule has 1 aliphatic heterocycles. The second kappa shape index (κ2) is 29.9. The summed E-state index contributed by atoms with van der Waals surface area (Å²) in [5.74, 6) is -7.42. The molecule has 20 heteroatoms. The molecule has 4 amide bonds. The summed E-state index contributed by atoms with van der Waals surface area (Å²) in [5.41, 5.74) is 4.06. The molecule has 5 rings (SSSR count). The number of nitrogens with zero attached hydrogens (tertiary/aromatic N) is 8. The Labute approximate surface area is 496 Å². The van der Waals surface area contributed by atoms with E-state index in [1.54, 1.807) is 23.0 Å². The topological polar surface area (TPSA) is 222 Å². The first-order chi connectivity index (χ1) is 39.3. The minimum absolute atomic E-state index is 0.0820. The van der Waals surface area contributed by atoms with Crippen molar-refractivity contribution in [2.24, 2.45) is 23.7 Å². The Bertz CT molecular complexity index is 2840. The molecule has 0 radical (unpaired) electrons. The highest BCUT2D eigenvalue weighted by Crippen LogP contribution is 2.26. The number of esters is 4. The van der Waals surface area contributed by atoms with Crippen LogP contribution in [-0.4, -0.2) is 163 Å². The fourth-order valence-electron chi connectivity index (χ4n) is 10.1. The Hall–Kier alpha value is -7.38. The second-order valence-corrected chi connectivity index (χ2v) is 25.3. The third kappa shape index (κ3) is 18.8. The van der Waals surface area contributed by atoms with E-state index in [4.69, 9.17) is 18.9 Å². The normalized spacial score (nSPS) is 22.9. The molecule has 1 fully saturated rings. The predicted octanol–water partition coefficient (Wildman–Crippen LogP) is 7.45. The average Bonchev–Trinajstić information content (AvgIpc) is 4.28. The van der Waals surface area contributed by atoms with Crippen molar-refractivity contribution in [2.45, 2.75) is 196 Å². The van der Waals surface area contributed by atoms with Crippen LogP contribution in [-0.2, 0) is 88.6 Å². The SMILES string of the molecule is CC(C)C[C@H]1C(=O)O[C@H](Cc2ccc(Cn3cc(C(C)(C)C)cn3)cc2)C(=O)N(C)[C@@H](CC(C)C)C(=O)O[C@H](C)C(=O)N(C)[C@@H](CC(C)C)C(=O)O[C@H](Cc2ccc(Cn3cccn3)cc2)C(=O)N(C)[C@@H](CC(C)C)C(=O)O[C@H](C)C(=O)N1C. The Morgan fingerprint density at radius 1 is 0.452 bits per heavy atom. The van der Waals surface area contributed by atoms with Crippen LogP contribution >= 0.6 is 0 Å². The smallest absolute Gasteiger partial charge is 0.329 e. The molecule has 2 aromatic carbocycles. The molecular weight excluding hydrogens is 1070 g/mol. The number of ether oxygens (including phenoxy) is 4. The standard InChI is InChI=1S/C64H92N8O12/c1-39(2)29-50-60(77)81-44(10)57(74)68(15)53(32-42(7)8)63(80)84-55(34-46-21-25-48(26-22-46)37-72-38-49(35-66-72)64(11,12)13)59(76)70(17)51(30-40(3)4)61(78)82-43(9)56(73)67(14)52(31-41(5)6)62(79)83-54(58(75)69(50)16)33-45-19-23-47(24-20-45)36-71-28-18-27-65-71/h18-28,35,38-44,50-55H,29-34,36-37H2,1-17H3/t43-,44-,50+,51+,52+,53+,54-,55-/m1/s1. The molecule has 0 aliphatic carbocycles.